The Morgan fingerprint density at radius 1 is 1.48 bits per heavy atom. The van der Waals surface area contributed by atoms with Crippen molar-refractivity contribution in [2.75, 3.05) is 20.2 Å². The van der Waals surface area contributed by atoms with Gasteiger partial charge in [0.1, 0.15) is 5.75 Å². The molecule has 0 amide bonds. The molecule has 0 aliphatic carbocycles. The molecule has 2 rings (SSSR count). The van der Waals surface area contributed by atoms with Crippen LogP contribution in [0.3, 0.4) is 0 Å². The largest absolute Gasteiger partial charge is 0.495 e. The molecule has 0 aromatic heterocycles. The van der Waals surface area contributed by atoms with Gasteiger partial charge in [0, 0.05) is 13.1 Å². The van der Waals surface area contributed by atoms with Crippen molar-refractivity contribution in [3.63, 3.8) is 0 Å². The number of methoxy groups -OCH3 is 1. The molecule has 1 aromatic rings. The Bertz CT molecular complexity index is 646. The molecule has 0 saturated carbocycles. The van der Waals surface area contributed by atoms with Crippen LogP contribution in [-0.2, 0) is 14.8 Å². The number of sulfonamides is 1. The lowest BCUT2D eigenvalue weighted by Crippen LogP contribution is -2.42. The molecule has 1 aliphatic rings. The number of rotatable bonds is 4. The minimum absolute atomic E-state index is 0.0126. The number of carboxylic acid groups (broad SMARTS) is 1. The Kier molecular flexibility index (Phi) is 4.75. The highest BCUT2D eigenvalue weighted by atomic mass is 35.5. The first-order valence-corrected chi connectivity index (χ1v) is 8.24. The molecule has 116 valence electrons. The monoisotopic (exact) mass is 333 g/mol. The van der Waals surface area contributed by atoms with Crippen molar-refractivity contribution in [3.05, 3.63) is 23.2 Å². The van der Waals surface area contributed by atoms with Crippen LogP contribution in [0.4, 0.5) is 0 Å². The number of aliphatic carboxylic acids is 1. The van der Waals surface area contributed by atoms with E-state index in [1.165, 1.54) is 29.6 Å². The molecular formula is C13H16ClNO5S. The standard InChI is InChI=1S/C13H16ClNO5S/c1-20-12-5-4-10(7-11(12)14)21(18,19)15-6-2-3-9(8-15)13(16)17/h4-5,7,9H,2-3,6,8H2,1H3,(H,16,17)/t9-/m0/s1. The summed E-state index contributed by atoms with van der Waals surface area (Å²) in [5, 5.41) is 9.25. The zero-order chi connectivity index (χ0) is 15.6. The van der Waals surface area contributed by atoms with Crippen molar-refractivity contribution in [2.24, 2.45) is 5.92 Å². The predicted molar refractivity (Wildman–Crippen MR) is 77.1 cm³/mol. The first kappa shape index (κ1) is 16.1. The van der Waals surface area contributed by atoms with E-state index < -0.39 is 21.9 Å². The van der Waals surface area contributed by atoms with E-state index in [-0.39, 0.29) is 16.5 Å². The lowest BCUT2D eigenvalue weighted by molar-refractivity contribution is -0.142. The van der Waals surface area contributed by atoms with Crippen molar-refractivity contribution < 1.29 is 23.1 Å². The van der Waals surface area contributed by atoms with Crippen LogP contribution in [0.5, 0.6) is 5.75 Å². The maximum atomic E-state index is 12.5. The summed E-state index contributed by atoms with van der Waals surface area (Å²) < 4.78 is 31.3. The second kappa shape index (κ2) is 6.21. The van der Waals surface area contributed by atoms with Gasteiger partial charge in [-0.2, -0.15) is 4.31 Å². The van der Waals surface area contributed by atoms with Crippen molar-refractivity contribution in [1.29, 1.82) is 0 Å². The van der Waals surface area contributed by atoms with Crippen LogP contribution in [0, 0.1) is 5.92 Å². The SMILES string of the molecule is COc1ccc(S(=O)(=O)N2CCC[C@H](C(=O)O)C2)cc1Cl. The molecular weight excluding hydrogens is 318 g/mol. The molecule has 1 atom stereocenters. The summed E-state index contributed by atoms with van der Waals surface area (Å²) in [5.41, 5.74) is 0. The van der Waals surface area contributed by atoms with E-state index in [4.69, 9.17) is 21.4 Å². The normalized spacial score (nSPS) is 20.2. The van der Waals surface area contributed by atoms with Crippen LogP contribution in [0.1, 0.15) is 12.8 Å². The number of carbonyl (C=O) groups is 1. The maximum Gasteiger partial charge on any atom is 0.307 e. The molecule has 1 aromatic carbocycles. The Labute approximate surface area is 128 Å². The summed E-state index contributed by atoms with van der Waals surface area (Å²) in [6.07, 6.45) is 1.02. The minimum Gasteiger partial charge on any atom is -0.495 e. The van der Waals surface area contributed by atoms with Crippen molar-refractivity contribution >= 4 is 27.6 Å². The molecule has 1 fully saturated rings. The Balaban J connectivity index is 2.29. The minimum atomic E-state index is -3.75. The van der Waals surface area contributed by atoms with Gasteiger partial charge in [-0.25, -0.2) is 8.42 Å². The van der Waals surface area contributed by atoms with Crippen LogP contribution >= 0.6 is 11.6 Å². The number of nitrogens with zero attached hydrogens (tertiary/aromatic N) is 1. The van der Waals surface area contributed by atoms with Gasteiger partial charge in [-0.05, 0) is 31.0 Å². The van der Waals surface area contributed by atoms with Gasteiger partial charge in [-0.15, -0.1) is 0 Å². The van der Waals surface area contributed by atoms with E-state index in [2.05, 4.69) is 0 Å². The van der Waals surface area contributed by atoms with E-state index in [1.807, 2.05) is 0 Å². The van der Waals surface area contributed by atoms with Crippen LogP contribution < -0.4 is 4.74 Å². The number of hydrogen-bond donors (Lipinski definition) is 1. The molecule has 21 heavy (non-hydrogen) atoms. The van der Waals surface area contributed by atoms with E-state index in [1.54, 1.807) is 0 Å². The second-order valence-electron chi connectivity index (χ2n) is 4.84. The van der Waals surface area contributed by atoms with Gasteiger partial charge in [-0.1, -0.05) is 11.6 Å². The molecule has 0 bridgehead atoms. The number of piperidine rings is 1. The predicted octanol–water partition coefficient (Wildman–Crippen LogP) is 1.83. The van der Waals surface area contributed by atoms with Crippen LogP contribution in [0.15, 0.2) is 23.1 Å². The van der Waals surface area contributed by atoms with Crippen LogP contribution in [-0.4, -0.2) is 44.0 Å². The smallest absolute Gasteiger partial charge is 0.307 e. The zero-order valence-corrected chi connectivity index (χ0v) is 13.0. The summed E-state index contributed by atoms with van der Waals surface area (Å²) in [6, 6.07) is 4.21. The third kappa shape index (κ3) is 3.30. The number of ether oxygens (including phenoxy) is 1. The number of benzene rings is 1. The fourth-order valence-corrected chi connectivity index (χ4v) is 4.19. The van der Waals surface area contributed by atoms with Gasteiger partial charge in [0.25, 0.3) is 0 Å². The van der Waals surface area contributed by atoms with Crippen molar-refractivity contribution in [1.82, 2.24) is 4.31 Å². The quantitative estimate of drug-likeness (QED) is 0.908. The van der Waals surface area contributed by atoms with Gasteiger partial charge in [-0.3, -0.25) is 4.79 Å². The molecule has 1 N–H and O–H groups in total. The average Bonchev–Trinajstić information content (AvgIpc) is 2.47. The molecule has 1 saturated heterocycles. The highest BCUT2D eigenvalue weighted by Gasteiger charge is 2.33. The number of carboxylic acids is 1. The van der Waals surface area contributed by atoms with Gasteiger partial charge in [0.2, 0.25) is 10.0 Å². The van der Waals surface area contributed by atoms with Gasteiger partial charge >= 0.3 is 5.97 Å². The van der Waals surface area contributed by atoms with Crippen LogP contribution in [0.25, 0.3) is 0 Å². The van der Waals surface area contributed by atoms with E-state index in [9.17, 15) is 13.2 Å². The third-order valence-corrected chi connectivity index (χ3v) is 5.65. The first-order chi connectivity index (χ1) is 9.86. The van der Waals surface area contributed by atoms with Crippen molar-refractivity contribution in [3.8, 4) is 5.75 Å². The molecule has 0 radical (unpaired) electrons. The van der Waals surface area contributed by atoms with E-state index >= 15 is 0 Å². The highest BCUT2D eigenvalue weighted by Crippen LogP contribution is 2.30. The lowest BCUT2D eigenvalue weighted by atomic mass is 10.0. The first-order valence-electron chi connectivity index (χ1n) is 6.42. The number of hydrogen-bond acceptors (Lipinski definition) is 4. The van der Waals surface area contributed by atoms with Crippen LogP contribution in [0.2, 0.25) is 5.02 Å². The Morgan fingerprint density at radius 2 is 2.19 bits per heavy atom. The van der Waals surface area contributed by atoms with Gasteiger partial charge < -0.3 is 9.84 Å². The lowest BCUT2D eigenvalue weighted by Gasteiger charge is -2.29. The van der Waals surface area contributed by atoms with Gasteiger partial charge in [0.15, 0.2) is 0 Å². The summed E-state index contributed by atoms with van der Waals surface area (Å²) >= 11 is 5.95. The summed E-state index contributed by atoms with van der Waals surface area (Å²) in [4.78, 5) is 11.1. The summed E-state index contributed by atoms with van der Waals surface area (Å²) in [6.45, 7) is 0.303. The fourth-order valence-electron chi connectivity index (χ4n) is 2.32. The summed E-state index contributed by atoms with van der Waals surface area (Å²) in [5.74, 6) is -1.25. The van der Waals surface area contributed by atoms with Gasteiger partial charge in [0.05, 0.1) is 22.9 Å². The Hall–Kier alpha value is -1.31. The summed E-state index contributed by atoms with van der Waals surface area (Å²) in [7, 11) is -2.30. The average molecular weight is 334 g/mol. The molecule has 0 spiro atoms. The Morgan fingerprint density at radius 3 is 2.76 bits per heavy atom. The zero-order valence-electron chi connectivity index (χ0n) is 11.5. The number of halogens is 1. The molecule has 1 heterocycles. The molecule has 8 heteroatoms. The highest BCUT2D eigenvalue weighted by molar-refractivity contribution is 7.89. The molecule has 1 aliphatic heterocycles. The maximum absolute atomic E-state index is 12.5. The second-order valence-corrected chi connectivity index (χ2v) is 7.18. The fraction of sp³-hybridized carbons (Fsp3) is 0.462. The molecule has 0 unspecified atom stereocenters. The van der Waals surface area contributed by atoms with E-state index in [0.29, 0.717) is 25.1 Å². The third-order valence-electron chi connectivity index (χ3n) is 3.49. The molecule has 6 nitrogen and oxygen atoms in total. The van der Waals surface area contributed by atoms with E-state index in [0.717, 1.165) is 0 Å². The topological polar surface area (TPSA) is 83.9 Å². The van der Waals surface area contributed by atoms with Crippen molar-refractivity contribution in [2.45, 2.75) is 17.7 Å².